The fraction of sp³-hybridized carbons (Fsp3) is 0.857. The van der Waals surface area contributed by atoms with Crippen LogP contribution in [0.2, 0.25) is 0 Å². The van der Waals surface area contributed by atoms with Gasteiger partial charge in [0.25, 0.3) is 10.1 Å². The summed E-state index contributed by atoms with van der Waals surface area (Å²) >= 11 is 0. The van der Waals surface area contributed by atoms with Crippen LogP contribution in [-0.2, 0) is 20.5 Å². The highest BCUT2D eigenvalue weighted by Gasteiger charge is 2.16. The lowest BCUT2D eigenvalue weighted by molar-refractivity contribution is -0.530. The zero-order valence-electron chi connectivity index (χ0n) is 9.76. The first kappa shape index (κ1) is 17.4. The van der Waals surface area contributed by atoms with E-state index in [-0.39, 0.29) is 5.75 Å². The van der Waals surface area contributed by atoms with Crippen LogP contribution in [0.3, 0.4) is 0 Å². The molecule has 1 aliphatic heterocycles. The van der Waals surface area contributed by atoms with Crippen molar-refractivity contribution >= 4 is 26.7 Å². The zero-order valence-corrected chi connectivity index (χ0v) is 11.4. The molecule has 0 atom stereocenters. The minimum atomic E-state index is -4.92. The van der Waals surface area contributed by atoms with Crippen LogP contribution in [-0.4, -0.2) is 78.7 Å². The second-order valence-electron chi connectivity index (χ2n) is 3.74. The van der Waals surface area contributed by atoms with E-state index in [1.54, 1.807) is 0 Å². The molecule has 2 N–H and O–H groups in total. The van der Waals surface area contributed by atoms with E-state index in [2.05, 4.69) is 4.90 Å². The van der Waals surface area contributed by atoms with E-state index < -0.39 is 20.5 Å². The van der Waals surface area contributed by atoms with Crippen molar-refractivity contribution in [2.45, 2.75) is 6.42 Å². The molecule has 1 rings (SSSR count). The maximum Gasteiger partial charge on any atom is 0.265 e. The Balaban J connectivity index is 0.000000494. The lowest BCUT2D eigenvalue weighted by atomic mass is 10.5. The average molecular weight is 304 g/mol. The van der Waals surface area contributed by atoms with Crippen LogP contribution in [0, 0.1) is 0 Å². The summed E-state index contributed by atoms with van der Waals surface area (Å²) in [4.78, 5) is 2.12. The average Bonchev–Trinajstić information content (AvgIpc) is 2.45. The van der Waals surface area contributed by atoms with Gasteiger partial charge in [-0.2, -0.15) is 8.42 Å². The van der Waals surface area contributed by atoms with Crippen LogP contribution < -0.4 is 0 Å². The molecule has 1 aliphatic rings. The zero-order chi connectivity index (χ0) is 14.4. The molecule has 0 saturated carbocycles. The summed E-state index contributed by atoms with van der Waals surface area (Å²) in [6.45, 7) is 2.43. The maximum atomic E-state index is 10.4. The van der Waals surface area contributed by atoms with Crippen LogP contribution in [0.5, 0.6) is 0 Å². The van der Waals surface area contributed by atoms with Crippen molar-refractivity contribution in [2.24, 2.45) is 0 Å². The third-order valence-corrected chi connectivity index (χ3v) is 2.73. The third-order valence-electron chi connectivity index (χ3n) is 1.92. The van der Waals surface area contributed by atoms with Gasteiger partial charge in [0, 0.05) is 6.42 Å². The molecular formula is C7H16N2O7S2. The maximum absolute atomic E-state index is 10.4. The second kappa shape index (κ2) is 7.11. The fourth-order valence-electron chi connectivity index (χ4n) is 1.29. The van der Waals surface area contributed by atoms with Crippen molar-refractivity contribution in [3.63, 3.8) is 0 Å². The van der Waals surface area contributed by atoms with E-state index in [4.69, 9.17) is 22.1 Å². The van der Waals surface area contributed by atoms with Crippen LogP contribution in [0.1, 0.15) is 6.42 Å². The Kier molecular flexibility index (Phi) is 6.88. The van der Waals surface area contributed by atoms with E-state index in [1.807, 2.05) is 17.8 Å². The highest BCUT2D eigenvalue weighted by Crippen LogP contribution is 1.94. The van der Waals surface area contributed by atoms with Crippen LogP contribution in [0.15, 0.2) is 0 Å². The Morgan fingerprint density at radius 3 is 2.17 bits per heavy atom. The fourth-order valence-corrected chi connectivity index (χ4v) is 1.79. The Morgan fingerprint density at radius 1 is 1.33 bits per heavy atom. The quantitative estimate of drug-likeness (QED) is 0.354. The van der Waals surface area contributed by atoms with Crippen LogP contribution in [0.25, 0.3) is 0 Å². The van der Waals surface area contributed by atoms with E-state index in [9.17, 15) is 8.42 Å². The van der Waals surface area contributed by atoms with Gasteiger partial charge in [0.2, 0.25) is 10.4 Å². The Labute approximate surface area is 106 Å². The topological polar surface area (TPSA) is 138 Å². The van der Waals surface area contributed by atoms with Gasteiger partial charge in [-0.3, -0.25) is 9.11 Å². The SMILES string of the molecule is CN1CC=[N+](CCCS(=O)(=O)O)C1.O=S(=O)([O-])O. The molecule has 0 saturated heterocycles. The Bertz CT molecular complexity index is 474. The van der Waals surface area contributed by atoms with Crippen molar-refractivity contribution in [3.05, 3.63) is 0 Å². The molecule has 0 aromatic carbocycles. The second-order valence-corrected chi connectivity index (χ2v) is 6.17. The van der Waals surface area contributed by atoms with E-state index >= 15 is 0 Å². The molecule has 0 aromatic rings. The molecule has 9 nitrogen and oxygen atoms in total. The standard InChI is InChI=1S/C7H14N2O3S.H2O4S/c1-8-4-5-9(7-8)3-2-6-13(10,11)12;1-5(2,3)4/h5H,2-4,6-7H2,1H3;(H2,1,2,3,4). The first-order valence-electron chi connectivity index (χ1n) is 4.87. The first-order valence-corrected chi connectivity index (χ1v) is 7.84. The molecule has 0 spiro atoms. The molecule has 11 heteroatoms. The summed E-state index contributed by atoms with van der Waals surface area (Å²) in [6.07, 6.45) is 2.51. The van der Waals surface area contributed by atoms with Gasteiger partial charge in [0.1, 0.15) is 6.54 Å². The molecule has 0 aliphatic carbocycles. The molecule has 0 fully saturated rings. The minimum absolute atomic E-state index is 0.152. The molecule has 1 heterocycles. The minimum Gasteiger partial charge on any atom is -0.726 e. The van der Waals surface area contributed by atoms with Gasteiger partial charge in [0.05, 0.1) is 12.3 Å². The predicted octanol–water partition coefficient (Wildman–Crippen LogP) is -1.74. The van der Waals surface area contributed by atoms with Crippen molar-refractivity contribution in [3.8, 4) is 0 Å². The number of nitrogens with zero attached hydrogens (tertiary/aromatic N) is 2. The summed E-state index contributed by atoms with van der Waals surface area (Å²) < 4.78 is 64.1. The van der Waals surface area contributed by atoms with Crippen molar-refractivity contribution in [2.75, 3.05) is 32.6 Å². The molecule has 0 amide bonds. The largest absolute Gasteiger partial charge is 0.726 e. The molecular weight excluding hydrogens is 288 g/mol. The third kappa shape index (κ3) is 13.5. The summed E-state index contributed by atoms with van der Waals surface area (Å²) in [7, 11) is -6.70. The van der Waals surface area contributed by atoms with Gasteiger partial charge in [-0.15, -0.1) is 0 Å². The van der Waals surface area contributed by atoms with Crippen molar-refractivity contribution in [1.29, 1.82) is 0 Å². The van der Waals surface area contributed by atoms with Gasteiger partial charge in [-0.25, -0.2) is 17.9 Å². The highest BCUT2D eigenvalue weighted by atomic mass is 32.3. The highest BCUT2D eigenvalue weighted by molar-refractivity contribution is 7.85. The van der Waals surface area contributed by atoms with E-state index in [0.29, 0.717) is 13.0 Å². The molecule has 0 bridgehead atoms. The predicted molar refractivity (Wildman–Crippen MR) is 62.0 cm³/mol. The molecule has 0 radical (unpaired) electrons. The molecule has 18 heavy (non-hydrogen) atoms. The summed E-state index contributed by atoms with van der Waals surface area (Å²) in [5.74, 6) is -0.152. The lowest BCUT2D eigenvalue weighted by Gasteiger charge is -2.01. The normalized spacial score (nSPS) is 17.0. The summed E-state index contributed by atoms with van der Waals surface area (Å²) in [5, 5.41) is 0. The van der Waals surface area contributed by atoms with Gasteiger partial charge >= 0.3 is 0 Å². The van der Waals surface area contributed by atoms with Gasteiger partial charge < -0.3 is 4.55 Å². The van der Waals surface area contributed by atoms with Gasteiger partial charge in [-0.05, 0) is 7.05 Å². The Morgan fingerprint density at radius 2 is 1.83 bits per heavy atom. The smallest absolute Gasteiger partial charge is 0.265 e. The number of hydrogen-bond acceptors (Lipinski definition) is 6. The van der Waals surface area contributed by atoms with Crippen LogP contribution >= 0.6 is 0 Å². The number of hydrogen-bond donors (Lipinski definition) is 2. The lowest BCUT2D eigenvalue weighted by Crippen LogP contribution is -2.21. The van der Waals surface area contributed by atoms with Gasteiger partial charge in [0.15, 0.2) is 12.9 Å². The van der Waals surface area contributed by atoms with Gasteiger partial charge in [-0.1, -0.05) is 0 Å². The monoisotopic (exact) mass is 304 g/mol. The van der Waals surface area contributed by atoms with Crippen molar-refractivity contribution < 1.29 is 35.1 Å². The number of rotatable bonds is 4. The van der Waals surface area contributed by atoms with Crippen LogP contribution in [0.4, 0.5) is 0 Å². The first-order chi connectivity index (χ1) is 7.97. The van der Waals surface area contributed by atoms with E-state index in [1.165, 1.54) is 0 Å². The molecule has 108 valence electrons. The van der Waals surface area contributed by atoms with E-state index in [0.717, 1.165) is 13.2 Å². The van der Waals surface area contributed by atoms with Crippen molar-refractivity contribution in [1.82, 2.24) is 4.90 Å². The molecule has 0 unspecified atom stereocenters. The summed E-state index contributed by atoms with van der Waals surface area (Å²) in [6, 6.07) is 0. The molecule has 0 aromatic heterocycles. The summed E-state index contributed by atoms with van der Waals surface area (Å²) in [5.41, 5.74) is 0. The Hall–Kier alpha value is -0.590.